The van der Waals surface area contributed by atoms with Gasteiger partial charge in [-0.05, 0) is 19.9 Å². The molecule has 0 aliphatic carbocycles. The first-order valence-corrected chi connectivity index (χ1v) is 18.7. The van der Waals surface area contributed by atoms with Crippen LogP contribution in [0.2, 0.25) is 0 Å². The molecule has 1 fully saturated rings. The van der Waals surface area contributed by atoms with Crippen molar-refractivity contribution in [2.45, 2.75) is 206 Å². The Morgan fingerprint density at radius 2 is 0.600 bits per heavy atom. The summed E-state index contributed by atoms with van der Waals surface area (Å²) in [5.74, 6) is 0. The minimum absolute atomic E-state index is 0.276. The number of unbranched alkanes of at least 4 members (excludes halogenated alkanes) is 26. The molecule has 0 aromatic carbocycles. The molecule has 2 unspecified atom stereocenters. The second kappa shape index (κ2) is 30.3. The standard InChI is InChI=1S/C37H75NO2/c1-4-6-8-10-12-14-16-18-20-22-24-26-28-30-32-39-36-34-38(3)35-37(36)40-33-31-29-27-25-23-21-19-17-15-13-11-9-7-5-2/h36-37H,4-35H2,1-3H3. The van der Waals surface area contributed by atoms with Crippen LogP contribution in [0.15, 0.2) is 0 Å². The summed E-state index contributed by atoms with van der Waals surface area (Å²) >= 11 is 0. The normalized spacial score (nSPS) is 17.8. The van der Waals surface area contributed by atoms with Crippen molar-refractivity contribution in [2.75, 3.05) is 33.4 Å². The highest BCUT2D eigenvalue weighted by Gasteiger charge is 2.32. The molecule has 0 N–H and O–H groups in total. The zero-order valence-corrected chi connectivity index (χ0v) is 28.0. The maximum atomic E-state index is 6.30. The average Bonchev–Trinajstić information content (AvgIpc) is 3.31. The van der Waals surface area contributed by atoms with Gasteiger partial charge in [-0.1, -0.05) is 181 Å². The predicted octanol–water partition coefficient (Wildman–Crippen LogP) is 11.7. The number of ether oxygens (including phenoxy) is 2. The Balaban J connectivity index is 1.85. The van der Waals surface area contributed by atoms with Gasteiger partial charge in [-0.15, -0.1) is 0 Å². The van der Waals surface area contributed by atoms with E-state index in [-0.39, 0.29) is 12.2 Å². The average molecular weight is 566 g/mol. The lowest BCUT2D eigenvalue weighted by molar-refractivity contribution is -0.0481. The molecule has 40 heavy (non-hydrogen) atoms. The van der Waals surface area contributed by atoms with Gasteiger partial charge < -0.3 is 14.4 Å². The molecule has 240 valence electrons. The van der Waals surface area contributed by atoms with E-state index in [1.807, 2.05) is 0 Å². The molecule has 1 aliphatic heterocycles. The molecule has 1 saturated heterocycles. The summed E-state index contributed by atoms with van der Waals surface area (Å²) < 4.78 is 12.6. The van der Waals surface area contributed by atoms with Gasteiger partial charge in [-0.3, -0.25) is 0 Å². The number of hydrogen-bond acceptors (Lipinski definition) is 3. The Bertz CT molecular complexity index is 443. The molecule has 1 rings (SSSR count). The largest absolute Gasteiger partial charge is 0.374 e. The lowest BCUT2D eigenvalue weighted by Gasteiger charge is -2.20. The van der Waals surface area contributed by atoms with Gasteiger partial charge in [0.1, 0.15) is 0 Å². The highest BCUT2D eigenvalue weighted by atomic mass is 16.5. The first-order valence-electron chi connectivity index (χ1n) is 18.7. The van der Waals surface area contributed by atoms with Gasteiger partial charge in [-0.2, -0.15) is 0 Å². The maximum absolute atomic E-state index is 6.30. The number of rotatable bonds is 32. The first kappa shape index (κ1) is 37.9. The molecule has 2 atom stereocenters. The van der Waals surface area contributed by atoms with E-state index in [4.69, 9.17) is 9.47 Å². The summed E-state index contributed by atoms with van der Waals surface area (Å²) in [5.41, 5.74) is 0. The van der Waals surface area contributed by atoms with Crippen molar-refractivity contribution in [3.8, 4) is 0 Å². The highest BCUT2D eigenvalue weighted by Crippen LogP contribution is 2.18. The number of nitrogens with zero attached hydrogens (tertiary/aromatic N) is 1. The maximum Gasteiger partial charge on any atom is 0.0975 e. The third-order valence-corrected chi connectivity index (χ3v) is 9.06. The molecule has 3 heteroatoms. The second-order valence-electron chi connectivity index (χ2n) is 13.2. The van der Waals surface area contributed by atoms with Crippen molar-refractivity contribution in [3.05, 3.63) is 0 Å². The highest BCUT2D eigenvalue weighted by molar-refractivity contribution is 4.84. The lowest BCUT2D eigenvalue weighted by Crippen LogP contribution is -2.30. The van der Waals surface area contributed by atoms with Crippen LogP contribution >= 0.6 is 0 Å². The molecule has 0 aromatic heterocycles. The minimum Gasteiger partial charge on any atom is -0.374 e. The monoisotopic (exact) mass is 566 g/mol. The smallest absolute Gasteiger partial charge is 0.0975 e. The molecule has 1 heterocycles. The summed E-state index contributed by atoms with van der Waals surface area (Å²) in [6.45, 7) is 8.48. The van der Waals surface area contributed by atoms with E-state index in [1.165, 1.54) is 180 Å². The summed E-state index contributed by atoms with van der Waals surface area (Å²) in [7, 11) is 2.21. The second-order valence-corrected chi connectivity index (χ2v) is 13.2. The Morgan fingerprint density at radius 3 is 0.850 bits per heavy atom. The van der Waals surface area contributed by atoms with E-state index in [2.05, 4.69) is 25.8 Å². The van der Waals surface area contributed by atoms with Crippen molar-refractivity contribution in [1.82, 2.24) is 4.90 Å². The van der Waals surface area contributed by atoms with Gasteiger partial charge in [0.05, 0.1) is 12.2 Å². The quantitative estimate of drug-likeness (QED) is 0.0757. The molecule has 0 bridgehead atoms. The minimum atomic E-state index is 0.276. The van der Waals surface area contributed by atoms with Crippen LogP contribution in [0.4, 0.5) is 0 Å². The van der Waals surface area contributed by atoms with Crippen molar-refractivity contribution >= 4 is 0 Å². The van der Waals surface area contributed by atoms with Crippen LogP contribution in [-0.2, 0) is 9.47 Å². The predicted molar refractivity (Wildman–Crippen MR) is 178 cm³/mol. The topological polar surface area (TPSA) is 21.7 Å². The van der Waals surface area contributed by atoms with Crippen molar-refractivity contribution in [3.63, 3.8) is 0 Å². The fourth-order valence-electron chi connectivity index (χ4n) is 6.31. The van der Waals surface area contributed by atoms with Gasteiger partial charge in [0.2, 0.25) is 0 Å². The number of likely N-dealkylation sites (N-methyl/N-ethyl adjacent to an activating group) is 1. The van der Waals surface area contributed by atoms with Gasteiger partial charge in [0, 0.05) is 26.3 Å². The van der Waals surface area contributed by atoms with Crippen LogP contribution < -0.4 is 0 Å². The van der Waals surface area contributed by atoms with E-state index < -0.39 is 0 Å². The first-order chi connectivity index (χ1) is 19.8. The van der Waals surface area contributed by atoms with E-state index in [9.17, 15) is 0 Å². The van der Waals surface area contributed by atoms with Gasteiger partial charge >= 0.3 is 0 Å². The Hall–Kier alpha value is -0.120. The zero-order valence-electron chi connectivity index (χ0n) is 28.0. The van der Waals surface area contributed by atoms with Crippen molar-refractivity contribution in [1.29, 1.82) is 0 Å². The summed E-state index contributed by atoms with van der Waals surface area (Å²) in [5, 5.41) is 0. The van der Waals surface area contributed by atoms with Crippen molar-refractivity contribution in [2.24, 2.45) is 0 Å². The molecule has 1 aliphatic rings. The van der Waals surface area contributed by atoms with Crippen molar-refractivity contribution < 1.29 is 9.47 Å². The van der Waals surface area contributed by atoms with Gasteiger partial charge in [0.25, 0.3) is 0 Å². The third-order valence-electron chi connectivity index (χ3n) is 9.06. The van der Waals surface area contributed by atoms with E-state index in [0.717, 1.165) is 26.3 Å². The fourth-order valence-corrected chi connectivity index (χ4v) is 6.31. The Labute approximate surface area is 253 Å². The van der Waals surface area contributed by atoms with Crippen LogP contribution in [0, 0.1) is 0 Å². The number of hydrogen-bond donors (Lipinski definition) is 0. The van der Waals surface area contributed by atoms with Crippen LogP contribution in [-0.4, -0.2) is 50.5 Å². The lowest BCUT2D eigenvalue weighted by atomic mass is 10.0. The molecule has 0 radical (unpaired) electrons. The van der Waals surface area contributed by atoms with E-state index in [0.29, 0.717) is 0 Å². The molecular weight excluding hydrogens is 490 g/mol. The summed E-state index contributed by atoms with van der Waals surface area (Å²) in [6, 6.07) is 0. The fraction of sp³-hybridized carbons (Fsp3) is 1.00. The molecular formula is C37H75NO2. The van der Waals surface area contributed by atoms with Crippen LogP contribution in [0.25, 0.3) is 0 Å². The molecule has 0 saturated carbocycles. The summed E-state index contributed by atoms with van der Waals surface area (Å²) in [4.78, 5) is 2.38. The third kappa shape index (κ3) is 24.5. The van der Waals surface area contributed by atoms with E-state index >= 15 is 0 Å². The Kier molecular flexibility index (Phi) is 28.8. The zero-order chi connectivity index (χ0) is 28.8. The van der Waals surface area contributed by atoms with Crippen LogP contribution in [0.1, 0.15) is 194 Å². The number of likely N-dealkylation sites (tertiary alicyclic amines) is 1. The van der Waals surface area contributed by atoms with Gasteiger partial charge in [-0.25, -0.2) is 0 Å². The molecule has 0 amide bonds. The van der Waals surface area contributed by atoms with Gasteiger partial charge in [0.15, 0.2) is 0 Å². The summed E-state index contributed by atoms with van der Waals surface area (Å²) in [6.07, 6.45) is 40.0. The molecule has 3 nitrogen and oxygen atoms in total. The molecule has 0 spiro atoms. The van der Waals surface area contributed by atoms with Crippen LogP contribution in [0.5, 0.6) is 0 Å². The SMILES string of the molecule is CCCCCCCCCCCCCCCCOC1CN(C)CC1OCCCCCCCCCCCCCCCC. The molecule has 0 aromatic rings. The van der Waals surface area contributed by atoms with E-state index in [1.54, 1.807) is 0 Å². The Morgan fingerprint density at radius 1 is 0.375 bits per heavy atom. The van der Waals surface area contributed by atoms with Crippen LogP contribution in [0.3, 0.4) is 0 Å².